The van der Waals surface area contributed by atoms with Crippen LogP contribution in [0.25, 0.3) is 0 Å². The van der Waals surface area contributed by atoms with E-state index in [0.29, 0.717) is 12.1 Å². The lowest BCUT2D eigenvalue weighted by molar-refractivity contribution is -0.0884. The van der Waals surface area contributed by atoms with Crippen LogP contribution in [0.1, 0.15) is 48.0 Å². The standard InChI is InChI=1S/C15H30N2O/c1-14(2,3)17-10-9-16-8-7-13(12(16)11-17)18-15(4,5)6/h12-13H,7-11H2,1-6H3. The lowest BCUT2D eigenvalue weighted by atomic mass is 10.0. The first kappa shape index (κ1) is 14.3. The van der Waals surface area contributed by atoms with Gasteiger partial charge in [0.15, 0.2) is 0 Å². The molecule has 0 aromatic carbocycles. The van der Waals surface area contributed by atoms with Crippen molar-refractivity contribution in [3.05, 3.63) is 0 Å². The second kappa shape index (κ2) is 4.77. The number of fused-ring (bicyclic) bond motifs is 1. The van der Waals surface area contributed by atoms with Crippen molar-refractivity contribution < 1.29 is 4.74 Å². The Labute approximate surface area is 112 Å². The maximum Gasteiger partial charge on any atom is 0.0762 e. The van der Waals surface area contributed by atoms with Crippen LogP contribution in [0.15, 0.2) is 0 Å². The number of nitrogens with zero attached hydrogens (tertiary/aromatic N) is 2. The Kier molecular flexibility index (Phi) is 3.79. The van der Waals surface area contributed by atoms with Gasteiger partial charge in [0.2, 0.25) is 0 Å². The third-order valence-electron chi connectivity index (χ3n) is 4.12. The van der Waals surface area contributed by atoms with E-state index in [-0.39, 0.29) is 11.1 Å². The van der Waals surface area contributed by atoms with Gasteiger partial charge in [-0.15, -0.1) is 0 Å². The van der Waals surface area contributed by atoms with Crippen LogP contribution in [0.2, 0.25) is 0 Å². The summed E-state index contributed by atoms with van der Waals surface area (Å²) in [6, 6.07) is 0.595. The fourth-order valence-electron chi connectivity index (χ4n) is 3.16. The minimum atomic E-state index is -0.0231. The smallest absolute Gasteiger partial charge is 0.0762 e. The van der Waals surface area contributed by atoms with Crippen LogP contribution in [0.3, 0.4) is 0 Å². The van der Waals surface area contributed by atoms with Crippen LogP contribution < -0.4 is 0 Å². The molecule has 3 heteroatoms. The first-order chi connectivity index (χ1) is 8.17. The second-order valence-electron chi connectivity index (χ2n) is 7.78. The van der Waals surface area contributed by atoms with Crippen molar-refractivity contribution in [1.29, 1.82) is 0 Å². The molecule has 0 bridgehead atoms. The second-order valence-corrected chi connectivity index (χ2v) is 7.78. The van der Waals surface area contributed by atoms with Crippen molar-refractivity contribution >= 4 is 0 Å². The van der Waals surface area contributed by atoms with E-state index >= 15 is 0 Å². The fraction of sp³-hybridized carbons (Fsp3) is 1.00. The van der Waals surface area contributed by atoms with Crippen LogP contribution in [-0.4, -0.2) is 59.3 Å². The molecular formula is C15H30N2O. The lowest BCUT2D eigenvalue weighted by Crippen LogP contribution is -2.58. The quantitative estimate of drug-likeness (QED) is 0.714. The molecule has 0 N–H and O–H groups in total. The van der Waals surface area contributed by atoms with Crippen molar-refractivity contribution in [2.45, 2.75) is 71.2 Å². The highest BCUT2D eigenvalue weighted by molar-refractivity contribution is 4.97. The Morgan fingerprint density at radius 1 is 0.944 bits per heavy atom. The highest BCUT2D eigenvalue weighted by Crippen LogP contribution is 2.30. The molecule has 18 heavy (non-hydrogen) atoms. The molecule has 2 rings (SSSR count). The molecule has 0 radical (unpaired) electrons. The van der Waals surface area contributed by atoms with E-state index in [9.17, 15) is 0 Å². The summed E-state index contributed by atoms with van der Waals surface area (Å²) in [5, 5.41) is 0. The molecule has 2 unspecified atom stereocenters. The largest absolute Gasteiger partial charge is 0.371 e. The lowest BCUT2D eigenvalue weighted by Gasteiger charge is -2.46. The molecule has 3 nitrogen and oxygen atoms in total. The zero-order valence-electron chi connectivity index (χ0n) is 13.0. The van der Waals surface area contributed by atoms with Gasteiger partial charge in [0.25, 0.3) is 0 Å². The first-order valence-corrected chi connectivity index (χ1v) is 7.34. The summed E-state index contributed by atoms with van der Waals surface area (Å²) in [6.07, 6.45) is 1.61. The summed E-state index contributed by atoms with van der Waals surface area (Å²) in [5.74, 6) is 0. The Morgan fingerprint density at radius 3 is 2.17 bits per heavy atom. The predicted molar refractivity (Wildman–Crippen MR) is 75.9 cm³/mol. The van der Waals surface area contributed by atoms with Crippen LogP contribution in [-0.2, 0) is 4.74 Å². The molecule has 0 saturated carbocycles. The molecule has 2 atom stereocenters. The fourth-order valence-corrected chi connectivity index (χ4v) is 3.16. The van der Waals surface area contributed by atoms with Crippen LogP contribution >= 0.6 is 0 Å². The molecule has 0 aromatic heterocycles. The minimum absolute atomic E-state index is 0.0231. The van der Waals surface area contributed by atoms with E-state index in [1.54, 1.807) is 0 Å². The van der Waals surface area contributed by atoms with Gasteiger partial charge in [-0.05, 0) is 48.0 Å². The molecule has 2 aliphatic rings. The highest BCUT2D eigenvalue weighted by Gasteiger charge is 2.42. The molecule has 0 aliphatic carbocycles. The molecule has 2 heterocycles. The number of ether oxygens (including phenoxy) is 1. The van der Waals surface area contributed by atoms with Gasteiger partial charge in [-0.1, -0.05) is 0 Å². The van der Waals surface area contributed by atoms with Crippen molar-refractivity contribution in [3.63, 3.8) is 0 Å². The summed E-state index contributed by atoms with van der Waals surface area (Å²) >= 11 is 0. The van der Waals surface area contributed by atoms with Gasteiger partial charge in [-0.2, -0.15) is 0 Å². The van der Waals surface area contributed by atoms with E-state index < -0.39 is 0 Å². The van der Waals surface area contributed by atoms with Crippen molar-refractivity contribution in [1.82, 2.24) is 9.80 Å². The van der Waals surface area contributed by atoms with Crippen LogP contribution in [0.4, 0.5) is 0 Å². The highest BCUT2D eigenvalue weighted by atomic mass is 16.5. The van der Waals surface area contributed by atoms with Crippen LogP contribution in [0.5, 0.6) is 0 Å². The normalized spacial score (nSPS) is 31.7. The van der Waals surface area contributed by atoms with E-state index in [1.165, 1.54) is 26.1 Å². The van der Waals surface area contributed by atoms with Gasteiger partial charge in [0, 0.05) is 37.8 Å². The number of piperazine rings is 1. The average Bonchev–Trinajstić information content (AvgIpc) is 2.57. The average molecular weight is 254 g/mol. The molecule has 0 spiro atoms. The third-order valence-corrected chi connectivity index (χ3v) is 4.12. The Morgan fingerprint density at radius 2 is 1.61 bits per heavy atom. The van der Waals surface area contributed by atoms with Gasteiger partial charge in [-0.25, -0.2) is 0 Å². The van der Waals surface area contributed by atoms with Crippen molar-refractivity contribution in [2.75, 3.05) is 26.2 Å². The topological polar surface area (TPSA) is 15.7 Å². The number of hydrogen-bond acceptors (Lipinski definition) is 3. The first-order valence-electron chi connectivity index (χ1n) is 7.34. The summed E-state index contributed by atoms with van der Waals surface area (Å²) < 4.78 is 6.26. The number of hydrogen-bond donors (Lipinski definition) is 0. The van der Waals surface area contributed by atoms with E-state index in [0.717, 1.165) is 6.54 Å². The van der Waals surface area contributed by atoms with Crippen LogP contribution in [0, 0.1) is 0 Å². The maximum absolute atomic E-state index is 6.26. The van der Waals surface area contributed by atoms with Gasteiger partial charge >= 0.3 is 0 Å². The monoisotopic (exact) mass is 254 g/mol. The van der Waals surface area contributed by atoms with E-state index in [4.69, 9.17) is 4.74 Å². The van der Waals surface area contributed by atoms with Gasteiger partial charge in [0.05, 0.1) is 11.7 Å². The summed E-state index contributed by atoms with van der Waals surface area (Å²) in [7, 11) is 0. The minimum Gasteiger partial charge on any atom is -0.371 e. The van der Waals surface area contributed by atoms with Crippen molar-refractivity contribution in [2.24, 2.45) is 0 Å². The molecule has 0 amide bonds. The zero-order chi connectivity index (χ0) is 13.6. The Balaban J connectivity index is 2.01. The molecule has 106 valence electrons. The Hall–Kier alpha value is -0.120. The van der Waals surface area contributed by atoms with Crippen molar-refractivity contribution in [3.8, 4) is 0 Å². The van der Waals surface area contributed by atoms with E-state index in [2.05, 4.69) is 51.3 Å². The summed E-state index contributed by atoms with van der Waals surface area (Å²) in [5.41, 5.74) is 0.256. The SMILES string of the molecule is CC(C)(C)OC1CCN2CCN(C(C)(C)C)CC12. The Bertz CT molecular complexity index is 290. The van der Waals surface area contributed by atoms with Gasteiger partial charge in [0.1, 0.15) is 0 Å². The molecule has 2 fully saturated rings. The van der Waals surface area contributed by atoms with Gasteiger partial charge < -0.3 is 4.74 Å². The predicted octanol–water partition coefficient (Wildman–Crippen LogP) is 2.36. The molecule has 0 aromatic rings. The molecular weight excluding hydrogens is 224 g/mol. The van der Waals surface area contributed by atoms with Gasteiger partial charge in [-0.3, -0.25) is 9.80 Å². The number of rotatable bonds is 1. The van der Waals surface area contributed by atoms with E-state index in [1.807, 2.05) is 0 Å². The third kappa shape index (κ3) is 3.25. The summed E-state index contributed by atoms with van der Waals surface area (Å²) in [6.45, 7) is 18.2. The summed E-state index contributed by atoms with van der Waals surface area (Å²) in [4.78, 5) is 5.23. The maximum atomic E-state index is 6.26. The molecule has 2 saturated heterocycles. The zero-order valence-corrected chi connectivity index (χ0v) is 13.0. The molecule has 2 aliphatic heterocycles.